The van der Waals surface area contributed by atoms with Gasteiger partial charge in [0.1, 0.15) is 0 Å². The van der Waals surface area contributed by atoms with Crippen molar-refractivity contribution >= 4 is 0 Å². The lowest BCUT2D eigenvalue weighted by molar-refractivity contribution is -0.125. The number of hydrogen-bond acceptors (Lipinski definition) is 3. The summed E-state index contributed by atoms with van der Waals surface area (Å²) in [6.45, 7) is 4.87. The molecule has 1 unspecified atom stereocenters. The minimum Gasteiger partial charge on any atom is -0.348 e. The highest BCUT2D eigenvalue weighted by atomic mass is 19.3. The molecule has 0 amide bonds. The van der Waals surface area contributed by atoms with E-state index in [0.29, 0.717) is 12.1 Å². The number of aromatic nitrogens is 2. The molecule has 3 atom stereocenters. The first kappa shape index (κ1) is 13.1. The Morgan fingerprint density at radius 2 is 2.22 bits per heavy atom. The average molecular weight is 258 g/mol. The molecule has 2 heterocycles. The van der Waals surface area contributed by atoms with Gasteiger partial charge >= 0.3 is 5.69 Å². The minimum absolute atomic E-state index is 0.487. The molecule has 0 aliphatic carbocycles. The van der Waals surface area contributed by atoms with E-state index in [1.807, 2.05) is 0 Å². The largest absolute Gasteiger partial charge is 0.350 e. The van der Waals surface area contributed by atoms with Crippen LogP contribution in [0.2, 0.25) is 0 Å². The molecule has 100 valence electrons. The first-order valence-corrected chi connectivity index (χ1v) is 5.97. The Kier molecular flexibility index (Phi) is 3.23. The lowest BCUT2D eigenvalue weighted by Crippen LogP contribution is -2.37. The summed E-state index contributed by atoms with van der Waals surface area (Å²) in [4.78, 5) is 15.3. The van der Waals surface area contributed by atoms with Crippen molar-refractivity contribution in [3.8, 4) is 0 Å². The van der Waals surface area contributed by atoms with Crippen LogP contribution in [-0.4, -0.2) is 21.6 Å². The fourth-order valence-corrected chi connectivity index (χ4v) is 2.22. The van der Waals surface area contributed by atoms with E-state index in [2.05, 4.69) is 4.98 Å². The molecule has 0 saturated carbocycles. The lowest BCUT2D eigenvalue weighted by Gasteiger charge is -2.21. The normalized spacial score (nSPS) is 30.6. The van der Waals surface area contributed by atoms with Crippen LogP contribution in [0.15, 0.2) is 17.1 Å². The number of nitrogens with zero attached hydrogens (tertiary/aromatic N) is 2. The summed E-state index contributed by atoms with van der Waals surface area (Å²) < 4.78 is 34.4. The average Bonchev–Trinajstić information content (AvgIpc) is 2.52. The Hall–Kier alpha value is -1.30. The summed E-state index contributed by atoms with van der Waals surface area (Å²) in [5, 5.41) is 0. The summed E-state index contributed by atoms with van der Waals surface area (Å²) in [5.74, 6) is -3.98. The number of ether oxygens (including phenoxy) is 1. The van der Waals surface area contributed by atoms with Gasteiger partial charge in [0.15, 0.2) is 0 Å². The molecule has 1 saturated heterocycles. The predicted molar refractivity (Wildman–Crippen MR) is 61.5 cm³/mol. The molecule has 6 heteroatoms. The van der Waals surface area contributed by atoms with Crippen molar-refractivity contribution in [2.45, 2.75) is 45.4 Å². The molecule has 0 spiro atoms. The number of aryl methyl sites for hydroxylation is 1. The highest BCUT2D eigenvalue weighted by molar-refractivity contribution is 5.00. The van der Waals surface area contributed by atoms with E-state index in [9.17, 15) is 13.6 Å². The van der Waals surface area contributed by atoms with Crippen molar-refractivity contribution in [1.29, 1.82) is 0 Å². The van der Waals surface area contributed by atoms with Gasteiger partial charge in [-0.3, -0.25) is 4.57 Å². The molecule has 0 aromatic carbocycles. The number of alkyl halides is 2. The molecule has 0 N–H and O–H groups in total. The van der Waals surface area contributed by atoms with E-state index in [0.717, 1.165) is 4.57 Å². The maximum Gasteiger partial charge on any atom is 0.350 e. The minimum atomic E-state index is -3.07. The number of halogens is 2. The number of hydrogen-bond donors (Lipinski definition) is 0. The third-order valence-electron chi connectivity index (χ3n) is 3.42. The van der Waals surface area contributed by atoms with Gasteiger partial charge in [0, 0.05) is 11.9 Å². The summed E-state index contributed by atoms with van der Waals surface area (Å²) in [6, 6.07) is 1.52. The standard InChI is InChI=1S/C12H16F2N2O2/c1-4-9-8(3)12(13,14)10(18-9)16-6-5-7(2)15-11(16)17/h5-6,8-10H,4H2,1-3H3/t8?,9-,10-/m1/s1. The Morgan fingerprint density at radius 3 is 2.72 bits per heavy atom. The Bertz CT molecular complexity index is 501. The quantitative estimate of drug-likeness (QED) is 0.816. The van der Waals surface area contributed by atoms with Crippen molar-refractivity contribution in [3.63, 3.8) is 0 Å². The van der Waals surface area contributed by atoms with Gasteiger partial charge < -0.3 is 4.74 Å². The smallest absolute Gasteiger partial charge is 0.348 e. The van der Waals surface area contributed by atoms with Gasteiger partial charge in [-0.2, -0.15) is 4.98 Å². The van der Waals surface area contributed by atoms with Crippen molar-refractivity contribution in [3.05, 3.63) is 28.4 Å². The molecule has 1 aliphatic heterocycles. The molecular weight excluding hydrogens is 242 g/mol. The van der Waals surface area contributed by atoms with Gasteiger partial charge in [-0.05, 0) is 19.4 Å². The highest BCUT2D eigenvalue weighted by Crippen LogP contribution is 2.46. The molecule has 0 radical (unpaired) electrons. The van der Waals surface area contributed by atoms with Crippen LogP contribution in [0.3, 0.4) is 0 Å². The van der Waals surface area contributed by atoms with E-state index in [4.69, 9.17) is 4.74 Å². The van der Waals surface area contributed by atoms with Gasteiger partial charge in [0.2, 0.25) is 6.23 Å². The zero-order valence-corrected chi connectivity index (χ0v) is 10.6. The highest BCUT2D eigenvalue weighted by Gasteiger charge is 2.57. The van der Waals surface area contributed by atoms with Crippen LogP contribution in [-0.2, 0) is 4.74 Å². The second-order valence-corrected chi connectivity index (χ2v) is 4.66. The molecule has 1 aromatic rings. The molecule has 1 aliphatic rings. The SMILES string of the molecule is CC[C@H]1O[C@@H](n2ccc(C)nc2=O)C(F)(F)C1C. The zero-order valence-electron chi connectivity index (χ0n) is 10.6. The summed E-state index contributed by atoms with van der Waals surface area (Å²) in [5.41, 5.74) is -0.207. The van der Waals surface area contributed by atoms with Crippen molar-refractivity contribution in [1.82, 2.24) is 9.55 Å². The Labute approximate surface area is 104 Å². The predicted octanol–water partition coefficient (Wildman–Crippen LogP) is 2.13. The number of rotatable bonds is 2. The Morgan fingerprint density at radius 1 is 1.56 bits per heavy atom. The van der Waals surface area contributed by atoms with Crippen LogP contribution in [0, 0.1) is 12.8 Å². The van der Waals surface area contributed by atoms with E-state index in [-0.39, 0.29) is 0 Å². The van der Waals surface area contributed by atoms with Gasteiger partial charge in [-0.25, -0.2) is 13.6 Å². The lowest BCUT2D eigenvalue weighted by atomic mass is 9.98. The first-order chi connectivity index (χ1) is 8.37. The maximum absolute atomic E-state index is 14.1. The molecule has 18 heavy (non-hydrogen) atoms. The van der Waals surface area contributed by atoms with Crippen LogP contribution < -0.4 is 5.69 Å². The molecule has 1 fully saturated rings. The van der Waals surface area contributed by atoms with Crippen LogP contribution in [0.1, 0.15) is 32.2 Å². The monoisotopic (exact) mass is 258 g/mol. The fraction of sp³-hybridized carbons (Fsp3) is 0.667. The third-order valence-corrected chi connectivity index (χ3v) is 3.42. The third kappa shape index (κ3) is 1.94. The molecule has 4 nitrogen and oxygen atoms in total. The van der Waals surface area contributed by atoms with Gasteiger partial charge in [0.25, 0.3) is 5.92 Å². The van der Waals surface area contributed by atoms with Crippen molar-refractivity contribution in [2.75, 3.05) is 0 Å². The van der Waals surface area contributed by atoms with E-state index < -0.39 is 29.9 Å². The fourth-order valence-electron chi connectivity index (χ4n) is 2.22. The van der Waals surface area contributed by atoms with Crippen LogP contribution in [0.4, 0.5) is 8.78 Å². The van der Waals surface area contributed by atoms with E-state index in [1.54, 1.807) is 13.8 Å². The zero-order chi connectivity index (χ0) is 13.5. The van der Waals surface area contributed by atoms with E-state index in [1.165, 1.54) is 19.2 Å². The van der Waals surface area contributed by atoms with Gasteiger partial charge in [-0.15, -0.1) is 0 Å². The molecule has 2 rings (SSSR count). The van der Waals surface area contributed by atoms with Gasteiger partial charge in [0.05, 0.1) is 12.0 Å². The Balaban J connectivity index is 2.42. The second-order valence-electron chi connectivity index (χ2n) is 4.66. The summed E-state index contributed by atoms with van der Waals surface area (Å²) in [6.07, 6.45) is -0.300. The van der Waals surface area contributed by atoms with Crippen LogP contribution in [0.25, 0.3) is 0 Å². The summed E-state index contributed by atoms with van der Waals surface area (Å²) >= 11 is 0. The molecular formula is C12H16F2N2O2. The summed E-state index contributed by atoms with van der Waals surface area (Å²) in [7, 11) is 0. The molecule has 1 aromatic heterocycles. The molecule has 0 bridgehead atoms. The van der Waals surface area contributed by atoms with Crippen LogP contribution >= 0.6 is 0 Å². The first-order valence-electron chi connectivity index (χ1n) is 5.97. The topological polar surface area (TPSA) is 44.1 Å². The van der Waals surface area contributed by atoms with Crippen molar-refractivity contribution < 1.29 is 13.5 Å². The van der Waals surface area contributed by atoms with E-state index >= 15 is 0 Å². The second kappa shape index (κ2) is 4.42. The van der Waals surface area contributed by atoms with Gasteiger partial charge in [-0.1, -0.05) is 13.8 Å². The van der Waals surface area contributed by atoms with Crippen LogP contribution in [0.5, 0.6) is 0 Å². The maximum atomic E-state index is 14.1. The van der Waals surface area contributed by atoms with Crippen molar-refractivity contribution in [2.24, 2.45) is 5.92 Å².